The number of hydrogen-bond donors (Lipinski definition) is 1. The van der Waals surface area contributed by atoms with Gasteiger partial charge in [0.25, 0.3) is 5.91 Å². The summed E-state index contributed by atoms with van der Waals surface area (Å²) >= 11 is 1.35. The van der Waals surface area contributed by atoms with Crippen molar-refractivity contribution >= 4 is 32.2 Å². The van der Waals surface area contributed by atoms with Crippen molar-refractivity contribution in [3.8, 4) is 11.3 Å². The zero-order chi connectivity index (χ0) is 22.6. The first-order chi connectivity index (χ1) is 15.4. The van der Waals surface area contributed by atoms with Gasteiger partial charge in [-0.05, 0) is 41.8 Å². The summed E-state index contributed by atoms with van der Waals surface area (Å²) in [5.74, 6) is -0.308. The molecule has 0 aliphatic rings. The van der Waals surface area contributed by atoms with E-state index in [-0.39, 0.29) is 16.6 Å². The van der Waals surface area contributed by atoms with E-state index >= 15 is 0 Å². The molecule has 0 bridgehead atoms. The van der Waals surface area contributed by atoms with Gasteiger partial charge in [0.15, 0.2) is 15.0 Å². The number of nitrogens with one attached hydrogen (secondary N) is 1. The summed E-state index contributed by atoms with van der Waals surface area (Å²) in [5, 5.41) is 5.17. The lowest BCUT2D eigenvalue weighted by atomic mass is 10.0. The molecule has 7 heteroatoms. The van der Waals surface area contributed by atoms with E-state index in [1.54, 1.807) is 6.92 Å². The second-order valence-corrected chi connectivity index (χ2v) is 10.4. The van der Waals surface area contributed by atoms with E-state index in [0.717, 1.165) is 17.7 Å². The first kappa shape index (κ1) is 21.9. The van der Waals surface area contributed by atoms with Crippen LogP contribution in [0.4, 0.5) is 5.13 Å². The second kappa shape index (κ2) is 9.46. The summed E-state index contributed by atoms with van der Waals surface area (Å²) in [5.41, 5.74) is 4.63. The normalized spacial score (nSPS) is 11.3. The van der Waals surface area contributed by atoms with Crippen LogP contribution in [0.2, 0.25) is 0 Å². The number of carbonyl (C=O) groups is 1. The maximum atomic E-state index is 12.5. The first-order valence-corrected chi connectivity index (χ1v) is 12.7. The lowest BCUT2D eigenvalue weighted by Crippen LogP contribution is -2.12. The van der Waals surface area contributed by atoms with Crippen molar-refractivity contribution in [2.45, 2.75) is 18.2 Å². The Bertz CT molecular complexity index is 1310. The molecule has 0 aliphatic carbocycles. The SMILES string of the molecule is CCS(=O)(=O)c1ccc(C(=O)Nc2nc(-c3ccc(Cc4ccccc4)cc3)cs2)cc1. The average Bonchev–Trinajstić information content (AvgIpc) is 3.29. The molecule has 4 rings (SSSR count). The molecule has 4 aromatic rings. The summed E-state index contributed by atoms with van der Waals surface area (Å²) in [7, 11) is -3.29. The molecule has 1 aromatic heterocycles. The van der Waals surface area contributed by atoms with Gasteiger partial charge in [-0.2, -0.15) is 0 Å². The minimum Gasteiger partial charge on any atom is -0.298 e. The van der Waals surface area contributed by atoms with E-state index in [2.05, 4.69) is 34.6 Å². The molecule has 0 atom stereocenters. The van der Waals surface area contributed by atoms with Gasteiger partial charge in [-0.15, -0.1) is 11.3 Å². The van der Waals surface area contributed by atoms with Crippen LogP contribution >= 0.6 is 11.3 Å². The minimum absolute atomic E-state index is 0.0215. The first-order valence-electron chi connectivity index (χ1n) is 10.2. The molecule has 0 radical (unpaired) electrons. The third-order valence-corrected chi connectivity index (χ3v) is 7.59. The number of rotatable bonds is 7. The molecule has 0 spiro atoms. The number of amides is 1. The zero-order valence-electron chi connectivity index (χ0n) is 17.5. The van der Waals surface area contributed by atoms with Gasteiger partial charge in [0.1, 0.15) is 0 Å². The van der Waals surface area contributed by atoms with Gasteiger partial charge in [0.2, 0.25) is 0 Å². The van der Waals surface area contributed by atoms with E-state index in [9.17, 15) is 13.2 Å². The van der Waals surface area contributed by atoms with Crippen LogP contribution in [0, 0.1) is 0 Å². The molecular formula is C25H22N2O3S2. The van der Waals surface area contributed by atoms with Crippen LogP contribution in [0.1, 0.15) is 28.4 Å². The summed E-state index contributed by atoms with van der Waals surface area (Å²) < 4.78 is 23.8. The number of nitrogens with zero attached hydrogens (tertiary/aromatic N) is 1. The van der Waals surface area contributed by atoms with Gasteiger partial charge >= 0.3 is 0 Å². The summed E-state index contributed by atoms with van der Waals surface area (Å²) in [6.07, 6.45) is 0.873. The van der Waals surface area contributed by atoms with Crippen LogP contribution in [-0.2, 0) is 16.3 Å². The maximum absolute atomic E-state index is 12.5. The molecule has 0 saturated carbocycles. The predicted octanol–water partition coefficient (Wildman–Crippen LogP) is 5.45. The fraction of sp³-hybridized carbons (Fsp3) is 0.120. The fourth-order valence-corrected chi connectivity index (χ4v) is 4.84. The maximum Gasteiger partial charge on any atom is 0.257 e. The number of anilines is 1. The van der Waals surface area contributed by atoms with Crippen molar-refractivity contribution in [1.29, 1.82) is 0 Å². The number of benzene rings is 3. The topological polar surface area (TPSA) is 76.1 Å². The number of sulfone groups is 1. The van der Waals surface area contributed by atoms with E-state index in [1.807, 2.05) is 35.7 Å². The van der Waals surface area contributed by atoms with Crippen molar-refractivity contribution in [1.82, 2.24) is 4.98 Å². The number of hydrogen-bond acceptors (Lipinski definition) is 5. The van der Waals surface area contributed by atoms with E-state index < -0.39 is 9.84 Å². The fourth-order valence-electron chi connectivity index (χ4n) is 3.24. The van der Waals surface area contributed by atoms with Crippen LogP contribution in [0.25, 0.3) is 11.3 Å². The highest BCUT2D eigenvalue weighted by Crippen LogP contribution is 2.26. The number of thiazole rings is 1. The molecule has 32 heavy (non-hydrogen) atoms. The molecule has 1 amide bonds. The molecule has 3 aromatic carbocycles. The van der Waals surface area contributed by atoms with Crippen molar-refractivity contribution in [2.75, 3.05) is 11.1 Å². The Hall–Kier alpha value is -3.29. The standard InChI is InChI=1S/C25H22N2O3S2/c1-2-32(29,30)22-14-12-21(13-15-22)24(28)27-25-26-23(17-31-25)20-10-8-19(9-11-20)16-18-6-4-3-5-7-18/h3-15,17H,2,16H2,1H3,(H,26,27,28). The number of aromatic nitrogens is 1. The van der Waals surface area contributed by atoms with Crippen molar-refractivity contribution in [2.24, 2.45) is 0 Å². The molecule has 5 nitrogen and oxygen atoms in total. The van der Waals surface area contributed by atoms with Crippen molar-refractivity contribution in [3.63, 3.8) is 0 Å². The molecule has 162 valence electrons. The molecule has 1 N–H and O–H groups in total. The van der Waals surface area contributed by atoms with Crippen LogP contribution in [0.15, 0.2) is 89.1 Å². The highest BCUT2D eigenvalue weighted by Gasteiger charge is 2.14. The third kappa shape index (κ3) is 5.12. The van der Waals surface area contributed by atoms with E-state index in [0.29, 0.717) is 10.7 Å². The molecule has 0 aliphatic heterocycles. The monoisotopic (exact) mass is 462 g/mol. The Morgan fingerprint density at radius 1 is 0.906 bits per heavy atom. The predicted molar refractivity (Wildman–Crippen MR) is 129 cm³/mol. The van der Waals surface area contributed by atoms with E-state index in [1.165, 1.54) is 46.7 Å². The highest BCUT2D eigenvalue weighted by atomic mass is 32.2. The second-order valence-electron chi connectivity index (χ2n) is 7.28. The smallest absolute Gasteiger partial charge is 0.257 e. The summed E-state index contributed by atoms with van der Waals surface area (Å²) in [4.78, 5) is 17.2. The van der Waals surface area contributed by atoms with Crippen LogP contribution in [0.3, 0.4) is 0 Å². The average molecular weight is 463 g/mol. The Morgan fingerprint density at radius 2 is 1.56 bits per heavy atom. The van der Waals surface area contributed by atoms with Gasteiger partial charge < -0.3 is 0 Å². The Labute approximate surface area is 191 Å². The van der Waals surface area contributed by atoms with Crippen molar-refractivity contribution < 1.29 is 13.2 Å². The van der Waals surface area contributed by atoms with Gasteiger partial charge in [-0.3, -0.25) is 10.1 Å². The Kier molecular flexibility index (Phi) is 6.48. The Balaban J connectivity index is 1.42. The lowest BCUT2D eigenvalue weighted by Gasteiger charge is -2.05. The number of carbonyl (C=O) groups excluding carboxylic acids is 1. The van der Waals surface area contributed by atoms with Gasteiger partial charge in [0, 0.05) is 16.5 Å². The minimum atomic E-state index is -3.29. The van der Waals surface area contributed by atoms with Gasteiger partial charge in [0.05, 0.1) is 16.3 Å². The van der Waals surface area contributed by atoms with Crippen molar-refractivity contribution in [3.05, 3.63) is 101 Å². The molecular weight excluding hydrogens is 440 g/mol. The highest BCUT2D eigenvalue weighted by molar-refractivity contribution is 7.91. The third-order valence-electron chi connectivity index (χ3n) is 5.08. The van der Waals surface area contributed by atoms with Gasteiger partial charge in [-0.25, -0.2) is 13.4 Å². The Morgan fingerprint density at radius 3 is 2.22 bits per heavy atom. The van der Waals surface area contributed by atoms with E-state index in [4.69, 9.17) is 0 Å². The quantitative estimate of drug-likeness (QED) is 0.396. The lowest BCUT2D eigenvalue weighted by molar-refractivity contribution is 0.102. The molecule has 1 heterocycles. The van der Waals surface area contributed by atoms with Crippen LogP contribution in [0.5, 0.6) is 0 Å². The largest absolute Gasteiger partial charge is 0.298 e. The van der Waals surface area contributed by atoms with Crippen LogP contribution in [-0.4, -0.2) is 25.1 Å². The summed E-state index contributed by atoms with van der Waals surface area (Å²) in [6.45, 7) is 1.59. The van der Waals surface area contributed by atoms with Gasteiger partial charge in [-0.1, -0.05) is 61.5 Å². The zero-order valence-corrected chi connectivity index (χ0v) is 19.1. The molecule has 0 unspecified atom stereocenters. The molecule has 0 fully saturated rings. The molecule has 0 saturated heterocycles. The summed E-state index contributed by atoms with van der Waals surface area (Å²) in [6, 6.07) is 24.5. The van der Waals surface area contributed by atoms with Crippen LogP contribution < -0.4 is 5.32 Å².